The van der Waals surface area contributed by atoms with Gasteiger partial charge in [0.1, 0.15) is 0 Å². The van der Waals surface area contributed by atoms with Crippen LogP contribution >= 0.6 is 0 Å². The lowest BCUT2D eigenvalue weighted by Gasteiger charge is -1.88. The molecule has 60 valence electrons. The quantitative estimate of drug-likeness (QED) is 0.496. The van der Waals surface area contributed by atoms with Gasteiger partial charge in [0.2, 0.25) is 0 Å². The second kappa shape index (κ2) is 8.41. The molecule has 0 bridgehead atoms. The molecule has 10 heavy (non-hydrogen) atoms. The maximum Gasteiger partial charge on any atom is 0.0329 e. The van der Waals surface area contributed by atoms with Crippen LogP contribution in [0.1, 0.15) is 41.5 Å². The molecule has 0 fully saturated rings. The average Bonchev–Trinajstić information content (AvgIpc) is 1.91. The van der Waals surface area contributed by atoms with Crippen LogP contribution < -0.4 is 0 Å². The molecular formula is C9H19N. The Balaban J connectivity index is 0. The van der Waals surface area contributed by atoms with Gasteiger partial charge in [-0.25, -0.2) is 0 Å². The molecule has 0 heterocycles. The molecule has 0 aliphatic heterocycles. The highest BCUT2D eigenvalue weighted by molar-refractivity contribution is 5.80. The van der Waals surface area contributed by atoms with Gasteiger partial charge in [0, 0.05) is 11.4 Å². The maximum atomic E-state index is 4.17. The van der Waals surface area contributed by atoms with E-state index in [4.69, 9.17) is 0 Å². The highest BCUT2D eigenvalue weighted by Gasteiger charge is 1.78. The van der Waals surface area contributed by atoms with Crippen LogP contribution in [0.3, 0.4) is 0 Å². The molecule has 0 aliphatic rings. The van der Waals surface area contributed by atoms with Gasteiger partial charge in [-0.2, -0.15) is 0 Å². The van der Waals surface area contributed by atoms with E-state index in [0.29, 0.717) is 0 Å². The SMILES string of the molecule is C/C=C(/C)N=C(C)C.CC. The van der Waals surface area contributed by atoms with Crippen LogP contribution in [0, 0.1) is 0 Å². The molecule has 0 unspecified atom stereocenters. The molecule has 0 aliphatic carbocycles. The predicted molar refractivity (Wildman–Crippen MR) is 49.6 cm³/mol. The standard InChI is InChI=1S/C7H13N.C2H6/c1-5-7(4)8-6(2)3;1-2/h5H,1-4H3;1-2H3/b7-5-;. The zero-order valence-corrected chi connectivity index (χ0v) is 8.02. The Kier molecular flexibility index (Phi) is 10.2. The summed E-state index contributed by atoms with van der Waals surface area (Å²) < 4.78 is 0. The Morgan fingerprint density at radius 1 is 1.10 bits per heavy atom. The minimum atomic E-state index is 1.09. The van der Waals surface area contributed by atoms with Crippen LogP contribution in [0.25, 0.3) is 0 Å². The van der Waals surface area contributed by atoms with Gasteiger partial charge in [0.05, 0.1) is 0 Å². The first kappa shape index (κ1) is 12.1. The third-order valence-corrected chi connectivity index (χ3v) is 0.818. The first-order valence-electron chi connectivity index (χ1n) is 3.81. The third kappa shape index (κ3) is 10.4. The lowest BCUT2D eigenvalue weighted by molar-refractivity contribution is 1.27. The van der Waals surface area contributed by atoms with Gasteiger partial charge in [-0.1, -0.05) is 19.9 Å². The monoisotopic (exact) mass is 141 g/mol. The van der Waals surface area contributed by atoms with Crippen molar-refractivity contribution in [2.75, 3.05) is 0 Å². The van der Waals surface area contributed by atoms with E-state index in [2.05, 4.69) is 4.99 Å². The van der Waals surface area contributed by atoms with Gasteiger partial charge in [-0.15, -0.1) is 0 Å². The molecule has 1 heteroatoms. The van der Waals surface area contributed by atoms with E-state index in [9.17, 15) is 0 Å². The molecule has 0 saturated heterocycles. The molecule has 0 N–H and O–H groups in total. The highest BCUT2D eigenvalue weighted by Crippen LogP contribution is 1.92. The van der Waals surface area contributed by atoms with Crippen molar-refractivity contribution in [3.05, 3.63) is 11.8 Å². The summed E-state index contributed by atoms with van der Waals surface area (Å²) in [5, 5.41) is 0. The summed E-state index contributed by atoms with van der Waals surface area (Å²) in [7, 11) is 0. The topological polar surface area (TPSA) is 12.4 Å². The minimum absolute atomic E-state index is 1.09. The fourth-order valence-electron chi connectivity index (χ4n) is 0.417. The van der Waals surface area contributed by atoms with Crippen molar-refractivity contribution in [3.8, 4) is 0 Å². The Hall–Kier alpha value is -0.590. The second-order valence-corrected chi connectivity index (χ2v) is 1.99. The van der Waals surface area contributed by atoms with Crippen LogP contribution in [-0.2, 0) is 0 Å². The minimum Gasteiger partial charge on any atom is -0.263 e. The molecule has 0 spiro atoms. The van der Waals surface area contributed by atoms with Crippen molar-refractivity contribution in [2.45, 2.75) is 41.5 Å². The van der Waals surface area contributed by atoms with Crippen LogP contribution in [0.4, 0.5) is 0 Å². The Morgan fingerprint density at radius 2 is 1.50 bits per heavy atom. The zero-order chi connectivity index (χ0) is 8.57. The summed E-state index contributed by atoms with van der Waals surface area (Å²) in [5.74, 6) is 0. The summed E-state index contributed by atoms with van der Waals surface area (Å²) in [6.07, 6.45) is 1.99. The van der Waals surface area contributed by atoms with Crippen LogP contribution in [-0.4, -0.2) is 5.71 Å². The number of rotatable bonds is 1. The number of hydrogen-bond acceptors (Lipinski definition) is 1. The molecule has 0 aromatic heterocycles. The van der Waals surface area contributed by atoms with Gasteiger partial charge in [-0.3, -0.25) is 4.99 Å². The first-order valence-corrected chi connectivity index (χ1v) is 3.81. The van der Waals surface area contributed by atoms with Crippen molar-refractivity contribution in [2.24, 2.45) is 4.99 Å². The van der Waals surface area contributed by atoms with E-state index in [1.54, 1.807) is 0 Å². The zero-order valence-electron chi connectivity index (χ0n) is 8.02. The molecule has 0 amide bonds. The highest BCUT2D eigenvalue weighted by atomic mass is 14.7. The van der Waals surface area contributed by atoms with Gasteiger partial charge < -0.3 is 0 Å². The number of allylic oxidation sites excluding steroid dienone is 2. The fraction of sp³-hybridized carbons (Fsp3) is 0.667. The first-order chi connectivity index (χ1) is 4.66. The number of aliphatic imine (C=N–C) groups is 1. The molecule has 0 aromatic carbocycles. The van der Waals surface area contributed by atoms with Gasteiger partial charge in [0.25, 0.3) is 0 Å². The third-order valence-electron chi connectivity index (χ3n) is 0.818. The van der Waals surface area contributed by atoms with Gasteiger partial charge >= 0.3 is 0 Å². The van der Waals surface area contributed by atoms with Crippen LogP contribution in [0.2, 0.25) is 0 Å². The molecule has 1 nitrogen and oxygen atoms in total. The average molecular weight is 141 g/mol. The summed E-state index contributed by atoms with van der Waals surface area (Å²) in [6.45, 7) is 12.0. The normalized spacial score (nSPS) is 9.60. The summed E-state index contributed by atoms with van der Waals surface area (Å²) in [5.41, 5.74) is 2.20. The summed E-state index contributed by atoms with van der Waals surface area (Å²) in [6, 6.07) is 0. The van der Waals surface area contributed by atoms with Gasteiger partial charge in [-0.05, 0) is 27.7 Å². The maximum absolute atomic E-state index is 4.17. The van der Waals surface area contributed by atoms with Gasteiger partial charge in [0.15, 0.2) is 0 Å². The van der Waals surface area contributed by atoms with Crippen molar-refractivity contribution < 1.29 is 0 Å². The summed E-state index contributed by atoms with van der Waals surface area (Å²) in [4.78, 5) is 4.17. The summed E-state index contributed by atoms with van der Waals surface area (Å²) >= 11 is 0. The second-order valence-electron chi connectivity index (χ2n) is 1.99. The van der Waals surface area contributed by atoms with Crippen LogP contribution in [0.5, 0.6) is 0 Å². The van der Waals surface area contributed by atoms with E-state index in [1.807, 2.05) is 47.6 Å². The Labute approximate surface area is 64.9 Å². The molecule has 0 aromatic rings. The van der Waals surface area contributed by atoms with E-state index in [1.165, 1.54) is 0 Å². The van der Waals surface area contributed by atoms with E-state index in [0.717, 1.165) is 11.4 Å². The Morgan fingerprint density at radius 3 is 1.60 bits per heavy atom. The molecule has 0 radical (unpaired) electrons. The molecule has 0 saturated carbocycles. The largest absolute Gasteiger partial charge is 0.263 e. The number of nitrogens with zero attached hydrogens (tertiary/aromatic N) is 1. The fourth-order valence-corrected chi connectivity index (χ4v) is 0.417. The van der Waals surface area contributed by atoms with Crippen molar-refractivity contribution in [1.29, 1.82) is 0 Å². The van der Waals surface area contributed by atoms with E-state index in [-0.39, 0.29) is 0 Å². The molecular weight excluding hydrogens is 122 g/mol. The van der Waals surface area contributed by atoms with E-state index < -0.39 is 0 Å². The lowest BCUT2D eigenvalue weighted by atomic mass is 10.4. The van der Waals surface area contributed by atoms with Crippen LogP contribution in [0.15, 0.2) is 16.8 Å². The smallest absolute Gasteiger partial charge is 0.0329 e. The van der Waals surface area contributed by atoms with Crippen molar-refractivity contribution in [3.63, 3.8) is 0 Å². The lowest BCUT2D eigenvalue weighted by Crippen LogP contribution is -1.79. The van der Waals surface area contributed by atoms with Crippen molar-refractivity contribution >= 4 is 5.71 Å². The molecule has 0 atom stereocenters. The number of hydrogen-bond donors (Lipinski definition) is 0. The van der Waals surface area contributed by atoms with Crippen molar-refractivity contribution in [1.82, 2.24) is 0 Å². The Bertz CT molecular complexity index is 117. The predicted octanol–water partition coefficient (Wildman–Crippen LogP) is 3.42. The van der Waals surface area contributed by atoms with E-state index >= 15 is 0 Å². The molecule has 0 rings (SSSR count).